The molecule has 6 nitrogen and oxygen atoms in total. The Kier molecular flexibility index (Phi) is 5.93. The highest BCUT2D eigenvalue weighted by molar-refractivity contribution is 7.07. The van der Waals surface area contributed by atoms with Gasteiger partial charge in [-0.15, -0.1) is 0 Å². The lowest BCUT2D eigenvalue weighted by Gasteiger charge is -2.31. The van der Waals surface area contributed by atoms with Gasteiger partial charge in [-0.1, -0.05) is 59.9 Å². The van der Waals surface area contributed by atoms with E-state index in [4.69, 9.17) is 19.2 Å². The molecule has 6 rings (SSSR count). The van der Waals surface area contributed by atoms with Crippen LogP contribution in [-0.2, 0) is 6.42 Å². The maximum atomic E-state index is 14.0. The molecule has 0 fully saturated rings. The minimum Gasteiger partial charge on any atom is -0.497 e. The molecule has 2 heterocycles. The molecule has 1 aliphatic heterocycles. The summed E-state index contributed by atoms with van der Waals surface area (Å²) in [5.74, 6) is 2.04. The normalized spacial score (nSPS) is 16.4. The van der Waals surface area contributed by atoms with Gasteiger partial charge in [0.15, 0.2) is 16.3 Å². The topological polar surface area (TPSA) is 62.0 Å². The van der Waals surface area contributed by atoms with Gasteiger partial charge in [0.25, 0.3) is 5.56 Å². The molecule has 1 atom stereocenters. The fourth-order valence-corrected chi connectivity index (χ4v) is 6.28. The smallest absolute Gasteiger partial charge is 0.271 e. The van der Waals surface area contributed by atoms with Crippen LogP contribution >= 0.6 is 11.3 Å². The van der Waals surface area contributed by atoms with Crippen LogP contribution in [0.4, 0.5) is 0 Å². The molecule has 186 valence electrons. The van der Waals surface area contributed by atoms with Crippen molar-refractivity contribution in [2.24, 2.45) is 4.99 Å². The molecule has 1 aromatic heterocycles. The summed E-state index contributed by atoms with van der Waals surface area (Å²) in [6, 6.07) is 21.6. The Bertz CT molecular complexity index is 1710. The number of benzene rings is 3. The van der Waals surface area contributed by atoms with Crippen LogP contribution in [0, 0.1) is 0 Å². The second-order valence-electron chi connectivity index (χ2n) is 8.97. The monoisotopic (exact) mass is 510 g/mol. The SMILES string of the molecule is COc1ccc(C=c2sc3n(c2=O)C(c2cccc(OC)c2OC)C2=C(N=3)c3ccccc3CC2)cc1. The van der Waals surface area contributed by atoms with Crippen molar-refractivity contribution >= 4 is 23.1 Å². The Morgan fingerprint density at radius 3 is 2.49 bits per heavy atom. The molecule has 0 saturated carbocycles. The summed E-state index contributed by atoms with van der Waals surface area (Å²) in [7, 11) is 4.91. The lowest BCUT2D eigenvalue weighted by Crippen LogP contribution is -2.39. The maximum Gasteiger partial charge on any atom is 0.271 e. The Hall–Kier alpha value is -4.10. The molecule has 0 radical (unpaired) electrons. The molecule has 4 aromatic rings. The number of aromatic nitrogens is 1. The lowest BCUT2D eigenvalue weighted by molar-refractivity contribution is 0.348. The van der Waals surface area contributed by atoms with E-state index in [0.717, 1.165) is 46.6 Å². The summed E-state index contributed by atoms with van der Waals surface area (Å²) >= 11 is 1.41. The lowest BCUT2D eigenvalue weighted by atomic mass is 9.83. The second kappa shape index (κ2) is 9.41. The van der Waals surface area contributed by atoms with E-state index >= 15 is 0 Å². The average Bonchev–Trinajstić information content (AvgIpc) is 3.25. The summed E-state index contributed by atoms with van der Waals surface area (Å²) in [6.07, 6.45) is 3.62. The number of rotatable bonds is 5. The van der Waals surface area contributed by atoms with Gasteiger partial charge in [-0.25, -0.2) is 4.99 Å². The standard InChI is InChI=1S/C30H26N2O4S/c1-34-20-14-11-18(12-15-20)17-25-29(33)32-27(23-9-6-10-24(35-2)28(23)36-3)22-16-13-19-7-4-5-8-21(19)26(22)31-30(32)37-25/h4-12,14-15,17,27H,13,16H2,1-3H3. The zero-order valence-corrected chi connectivity index (χ0v) is 21.7. The van der Waals surface area contributed by atoms with Gasteiger partial charge < -0.3 is 14.2 Å². The van der Waals surface area contributed by atoms with Crippen LogP contribution in [0.15, 0.2) is 82.1 Å². The number of ether oxygens (including phenoxy) is 3. The average molecular weight is 511 g/mol. The third-order valence-electron chi connectivity index (χ3n) is 7.01. The zero-order valence-electron chi connectivity index (χ0n) is 20.9. The Morgan fingerprint density at radius 1 is 0.919 bits per heavy atom. The minimum atomic E-state index is -0.345. The van der Waals surface area contributed by atoms with E-state index < -0.39 is 0 Å². The molecule has 37 heavy (non-hydrogen) atoms. The first-order chi connectivity index (χ1) is 18.1. The Balaban J connectivity index is 1.63. The summed E-state index contributed by atoms with van der Waals surface area (Å²) < 4.78 is 19.2. The molecule has 0 N–H and O–H groups in total. The van der Waals surface area contributed by atoms with E-state index in [1.165, 1.54) is 16.9 Å². The van der Waals surface area contributed by atoms with Gasteiger partial charge in [-0.2, -0.15) is 0 Å². The number of aryl methyl sites for hydroxylation is 1. The van der Waals surface area contributed by atoms with E-state index in [2.05, 4.69) is 18.2 Å². The van der Waals surface area contributed by atoms with Gasteiger partial charge in [0, 0.05) is 11.1 Å². The van der Waals surface area contributed by atoms with E-state index in [1.54, 1.807) is 21.3 Å². The molecule has 7 heteroatoms. The number of nitrogens with zero attached hydrogens (tertiary/aromatic N) is 2. The van der Waals surface area contributed by atoms with Crippen molar-refractivity contribution in [3.63, 3.8) is 0 Å². The van der Waals surface area contributed by atoms with Crippen LogP contribution < -0.4 is 29.1 Å². The number of methoxy groups -OCH3 is 3. The molecular weight excluding hydrogens is 484 g/mol. The fourth-order valence-electron chi connectivity index (χ4n) is 5.28. The zero-order chi connectivity index (χ0) is 25.5. The second-order valence-corrected chi connectivity index (χ2v) is 9.98. The van der Waals surface area contributed by atoms with Crippen LogP contribution in [-0.4, -0.2) is 25.9 Å². The van der Waals surface area contributed by atoms with Crippen molar-refractivity contribution < 1.29 is 14.2 Å². The van der Waals surface area contributed by atoms with Crippen LogP contribution in [0.5, 0.6) is 17.2 Å². The van der Waals surface area contributed by atoms with Crippen LogP contribution in [0.3, 0.4) is 0 Å². The van der Waals surface area contributed by atoms with Gasteiger partial charge in [-0.3, -0.25) is 9.36 Å². The third kappa shape index (κ3) is 3.86. The van der Waals surface area contributed by atoms with Gasteiger partial charge in [0.1, 0.15) is 5.75 Å². The molecule has 2 aliphatic rings. The minimum absolute atomic E-state index is 0.0696. The first-order valence-electron chi connectivity index (χ1n) is 12.1. The van der Waals surface area contributed by atoms with Gasteiger partial charge in [-0.05, 0) is 53.8 Å². The first-order valence-corrected chi connectivity index (χ1v) is 12.9. The predicted octanol–water partition coefficient (Wildman–Crippen LogP) is 4.34. The van der Waals surface area contributed by atoms with Crippen LogP contribution in [0.1, 0.15) is 34.7 Å². The summed E-state index contributed by atoms with van der Waals surface area (Å²) in [6.45, 7) is 0. The maximum absolute atomic E-state index is 14.0. The molecule has 0 saturated heterocycles. The van der Waals surface area contributed by atoms with E-state index in [1.807, 2.05) is 59.2 Å². The van der Waals surface area contributed by atoms with Crippen LogP contribution in [0.25, 0.3) is 11.8 Å². The third-order valence-corrected chi connectivity index (χ3v) is 8.00. The van der Waals surface area contributed by atoms with Gasteiger partial charge in [0.2, 0.25) is 0 Å². The van der Waals surface area contributed by atoms with Crippen molar-refractivity contribution in [2.45, 2.75) is 18.9 Å². The number of thiazole rings is 1. The summed E-state index contributed by atoms with van der Waals surface area (Å²) in [5, 5.41) is 0. The van der Waals surface area contributed by atoms with Crippen molar-refractivity contribution in [1.29, 1.82) is 0 Å². The largest absolute Gasteiger partial charge is 0.497 e. The highest BCUT2D eigenvalue weighted by atomic mass is 32.1. The predicted molar refractivity (Wildman–Crippen MR) is 145 cm³/mol. The Morgan fingerprint density at radius 2 is 1.73 bits per heavy atom. The fraction of sp³-hybridized carbons (Fsp3) is 0.200. The number of fused-ring (bicyclic) bond motifs is 3. The molecule has 0 spiro atoms. The van der Waals surface area contributed by atoms with E-state index in [9.17, 15) is 4.79 Å². The van der Waals surface area contributed by atoms with E-state index in [-0.39, 0.29) is 11.6 Å². The van der Waals surface area contributed by atoms with Gasteiger partial charge in [0.05, 0.1) is 37.6 Å². The first kappa shape index (κ1) is 23.3. The van der Waals surface area contributed by atoms with E-state index in [0.29, 0.717) is 20.8 Å². The van der Waals surface area contributed by atoms with Gasteiger partial charge >= 0.3 is 0 Å². The van der Waals surface area contributed by atoms with Crippen molar-refractivity contribution in [3.05, 3.63) is 114 Å². The summed E-state index contributed by atoms with van der Waals surface area (Å²) in [4.78, 5) is 19.7. The van der Waals surface area contributed by atoms with Crippen molar-refractivity contribution in [3.8, 4) is 17.2 Å². The molecule has 1 aliphatic carbocycles. The molecule has 0 amide bonds. The highest BCUT2D eigenvalue weighted by Gasteiger charge is 2.34. The van der Waals surface area contributed by atoms with Crippen LogP contribution in [0.2, 0.25) is 0 Å². The number of hydrogen-bond donors (Lipinski definition) is 0. The van der Waals surface area contributed by atoms with Crippen molar-refractivity contribution in [1.82, 2.24) is 4.57 Å². The number of para-hydroxylation sites is 1. The number of hydrogen-bond acceptors (Lipinski definition) is 6. The highest BCUT2D eigenvalue weighted by Crippen LogP contribution is 2.45. The molecular formula is C30H26N2O4S. The Labute approximate surface area is 218 Å². The summed E-state index contributed by atoms with van der Waals surface area (Å²) in [5.41, 5.74) is 6.22. The van der Waals surface area contributed by atoms with Crippen molar-refractivity contribution in [2.75, 3.05) is 21.3 Å². The quantitative estimate of drug-likeness (QED) is 0.401. The molecule has 3 aromatic carbocycles. The molecule has 0 bridgehead atoms. The molecule has 1 unspecified atom stereocenters. The number of allylic oxidation sites excluding steroid dienone is 1.